The molecular formula is C10H7BrF3N3O. The number of aromatic nitrogens is 3. The van der Waals surface area contributed by atoms with Crippen molar-refractivity contribution in [3.8, 4) is 5.69 Å². The fourth-order valence-corrected chi connectivity index (χ4v) is 1.81. The number of rotatable bonds is 2. The number of halogens is 4. The first-order chi connectivity index (χ1) is 8.37. The van der Waals surface area contributed by atoms with Crippen molar-refractivity contribution in [1.29, 1.82) is 0 Å². The summed E-state index contributed by atoms with van der Waals surface area (Å²) < 4.78 is 38.7. The summed E-state index contributed by atoms with van der Waals surface area (Å²) in [5, 5.41) is 3.44. The summed E-state index contributed by atoms with van der Waals surface area (Å²) in [5.74, 6) is 0. The van der Waals surface area contributed by atoms with E-state index < -0.39 is 18.4 Å². The van der Waals surface area contributed by atoms with E-state index in [0.29, 0.717) is 10.4 Å². The molecular weight excluding hydrogens is 315 g/mol. The van der Waals surface area contributed by atoms with E-state index in [-0.39, 0.29) is 0 Å². The van der Waals surface area contributed by atoms with Crippen LogP contribution in [0.4, 0.5) is 13.2 Å². The Balaban J connectivity index is 2.40. The number of nitrogens with zero attached hydrogens (tertiary/aromatic N) is 3. The van der Waals surface area contributed by atoms with Crippen LogP contribution in [-0.4, -0.2) is 20.5 Å². The zero-order valence-electron chi connectivity index (χ0n) is 8.86. The van der Waals surface area contributed by atoms with E-state index in [4.69, 9.17) is 0 Å². The maximum atomic E-state index is 12.2. The molecule has 0 atom stereocenters. The second-order valence-corrected chi connectivity index (χ2v) is 4.45. The molecule has 0 saturated heterocycles. The van der Waals surface area contributed by atoms with Crippen LogP contribution in [0.25, 0.3) is 5.69 Å². The minimum atomic E-state index is -4.47. The third-order valence-electron chi connectivity index (χ3n) is 2.15. The van der Waals surface area contributed by atoms with Gasteiger partial charge in [0, 0.05) is 4.47 Å². The zero-order valence-corrected chi connectivity index (χ0v) is 10.4. The zero-order chi connectivity index (χ0) is 13.3. The molecule has 8 heteroatoms. The van der Waals surface area contributed by atoms with E-state index in [9.17, 15) is 18.0 Å². The van der Waals surface area contributed by atoms with Crippen molar-refractivity contribution < 1.29 is 13.2 Å². The molecule has 0 aliphatic rings. The lowest BCUT2D eigenvalue weighted by Crippen LogP contribution is -2.30. The highest BCUT2D eigenvalue weighted by atomic mass is 79.9. The summed E-state index contributed by atoms with van der Waals surface area (Å²) in [6.07, 6.45) is -3.41. The summed E-state index contributed by atoms with van der Waals surface area (Å²) >= 11 is 3.22. The van der Waals surface area contributed by atoms with Crippen molar-refractivity contribution in [3.05, 3.63) is 45.5 Å². The lowest BCUT2D eigenvalue weighted by Gasteiger charge is -2.04. The molecule has 0 spiro atoms. The Kier molecular flexibility index (Phi) is 3.29. The van der Waals surface area contributed by atoms with E-state index in [1.54, 1.807) is 24.3 Å². The van der Waals surface area contributed by atoms with E-state index in [1.165, 1.54) is 0 Å². The fourth-order valence-electron chi connectivity index (χ4n) is 1.42. The predicted molar refractivity (Wildman–Crippen MR) is 61.6 cm³/mol. The van der Waals surface area contributed by atoms with Crippen LogP contribution in [0.3, 0.4) is 0 Å². The van der Waals surface area contributed by atoms with Gasteiger partial charge >= 0.3 is 11.9 Å². The van der Waals surface area contributed by atoms with E-state index in [2.05, 4.69) is 21.0 Å². The molecule has 0 radical (unpaired) electrons. The van der Waals surface area contributed by atoms with Gasteiger partial charge in [0.05, 0.1) is 5.69 Å². The van der Waals surface area contributed by atoms with Crippen molar-refractivity contribution in [2.45, 2.75) is 12.7 Å². The highest BCUT2D eigenvalue weighted by Crippen LogP contribution is 2.16. The van der Waals surface area contributed by atoms with Crippen LogP contribution in [0.2, 0.25) is 0 Å². The van der Waals surface area contributed by atoms with Crippen molar-refractivity contribution >= 4 is 15.9 Å². The lowest BCUT2D eigenvalue weighted by molar-refractivity contribution is -0.143. The minimum Gasteiger partial charge on any atom is -0.250 e. The molecule has 1 aromatic carbocycles. The molecule has 0 unspecified atom stereocenters. The fraction of sp³-hybridized carbons (Fsp3) is 0.200. The summed E-state index contributed by atoms with van der Waals surface area (Å²) in [7, 11) is 0. The molecule has 18 heavy (non-hydrogen) atoms. The van der Waals surface area contributed by atoms with Crippen molar-refractivity contribution in [2.24, 2.45) is 0 Å². The van der Waals surface area contributed by atoms with Crippen LogP contribution >= 0.6 is 15.9 Å². The SMILES string of the molecule is O=c1n(-c2cccc(Br)c2)cnn1CC(F)(F)F. The third kappa shape index (κ3) is 2.81. The van der Waals surface area contributed by atoms with Crippen LogP contribution in [0, 0.1) is 0 Å². The highest BCUT2D eigenvalue weighted by molar-refractivity contribution is 9.10. The highest BCUT2D eigenvalue weighted by Gasteiger charge is 2.29. The van der Waals surface area contributed by atoms with Gasteiger partial charge < -0.3 is 0 Å². The summed E-state index contributed by atoms with van der Waals surface area (Å²) in [5.41, 5.74) is -0.381. The van der Waals surface area contributed by atoms with Gasteiger partial charge in [0.15, 0.2) is 0 Å². The van der Waals surface area contributed by atoms with Gasteiger partial charge in [-0.15, -0.1) is 0 Å². The van der Waals surface area contributed by atoms with Gasteiger partial charge in [0.1, 0.15) is 12.9 Å². The van der Waals surface area contributed by atoms with Gasteiger partial charge in [-0.3, -0.25) is 0 Å². The van der Waals surface area contributed by atoms with Crippen molar-refractivity contribution in [2.75, 3.05) is 0 Å². The standard InChI is InChI=1S/C10H7BrF3N3O/c11-7-2-1-3-8(4-7)16-6-15-17(9(16)18)5-10(12,13)14/h1-4,6H,5H2. The monoisotopic (exact) mass is 321 g/mol. The van der Waals surface area contributed by atoms with Crippen LogP contribution in [0.5, 0.6) is 0 Å². The Morgan fingerprint density at radius 1 is 1.33 bits per heavy atom. The molecule has 1 heterocycles. The van der Waals surface area contributed by atoms with Crippen molar-refractivity contribution in [1.82, 2.24) is 14.3 Å². The Morgan fingerprint density at radius 2 is 2.06 bits per heavy atom. The number of benzene rings is 1. The first kappa shape index (κ1) is 12.9. The van der Waals surface area contributed by atoms with Crippen LogP contribution in [-0.2, 0) is 6.54 Å². The first-order valence-electron chi connectivity index (χ1n) is 4.84. The topological polar surface area (TPSA) is 39.8 Å². The number of hydrogen-bond acceptors (Lipinski definition) is 2. The van der Waals surface area contributed by atoms with E-state index in [0.717, 1.165) is 15.4 Å². The lowest BCUT2D eigenvalue weighted by atomic mass is 10.3. The maximum Gasteiger partial charge on any atom is 0.408 e. The summed E-state index contributed by atoms with van der Waals surface area (Å²) in [6.45, 7) is -1.40. The number of hydrogen-bond donors (Lipinski definition) is 0. The normalized spacial score (nSPS) is 11.8. The molecule has 2 rings (SSSR count). The second-order valence-electron chi connectivity index (χ2n) is 3.54. The molecule has 0 fully saturated rings. The largest absolute Gasteiger partial charge is 0.408 e. The summed E-state index contributed by atoms with van der Waals surface area (Å²) in [4.78, 5) is 11.7. The van der Waals surface area contributed by atoms with E-state index in [1.807, 2.05) is 0 Å². The van der Waals surface area contributed by atoms with Crippen LogP contribution < -0.4 is 5.69 Å². The molecule has 0 saturated carbocycles. The van der Waals surface area contributed by atoms with Crippen molar-refractivity contribution in [3.63, 3.8) is 0 Å². The average Bonchev–Trinajstić information content (AvgIpc) is 2.58. The molecule has 0 N–H and O–H groups in total. The van der Waals surface area contributed by atoms with Crippen LogP contribution in [0.1, 0.15) is 0 Å². The Morgan fingerprint density at radius 3 is 2.67 bits per heavy atom. The second kappa shape index (κ2) is 4.60. The summed E-state index contributed by atoms with van der Waals surface area (Å²) in [6, 6.07) is 6.63. The van der Waals surface area contributed by atoms with Gasteiger partial charge in [-0.05, 0) is 18.2 Å². The van der Waals surface area contributed by atoms with Gasteiger partial charge in [0.25, 0.3) is 0 Å². The Bertz CT molecular complexity index is 617. The molecule has 0 bridgehead atoms. The van der Waals surface area contributed by atoms with Crippen LogP contribution in [0.15, 0.2) is 39.9 Å². The van der Waals surface area contributed by atoms with Gasteiger partial charge in [0.2, 0.25) is 0 Å². The number of alkyl halides is 3. The molecule has 0 aliphatic carbocycles. The molecule has 4 nitrogen and oxygen atoms in total. The molecule has 2 aromatic rings. The van der Waals surface area contributed by atoms with E-state index >= 15 is 0 Å². The third-order valence-corrected chi connectivity index (χ3v) is 2.64. The van der Waals surface area contributed by atoms with Gasteiger partial charge in [-0.1, -0.05) is 22.0 Å². The van der Waals surface area contributed by atoms with Gasteiger partial charge in [-0.25, -0.2) is 14.0 Å². The smallest absolute Gasteiger partial charge is 0.250 e. The quantitative estimate of drug-likeness (QED) is 0.852. The molecule has 0 amide bonds. The Labute approximate surface area is 108 Å². The van der Waals surface area contributed by atoms with Gasteiger partial charge in [-0.2, -0.15) is 18.3 Å². The Hall–Kier alpha value is -1.57. The first-order valence-corrected chi connectivity index (χ1v) is 5.63. The predicted octanol–water partition coefficient (Wildman–Crippen LogP) is 2.36. The minimum absolute atomic E-state index is 0.376. The maximum absolute atomic E-state index is 12.2. The molecule has 96 valence electrons. The molecule has 0 aliphatic heterocycles. The average molecular weight is 322 g/mol. The molecule has 1 aromatic heterocycles.